The van der Waals surface area contributed by atoms with Gasteiger partial charge in [0.15, 0.2) is 0 Å². The van der Waals surface area contributed by atoms with E-state index in [1.807, 2.05) is 0 Å². The van der Waals surface area contributed by atoms with Crippen LogP contribution in [0.5, 0.6) is 0 Å². The molecule has 0 radical (unpaired) electrons. The smallest absolute Gasteiger partial charge is 0.241 e. The number of anilines is 5. The normalized spacial score (nSPS) is 10.7. The summed E-state index contributed by atoms with van der Waals surface area (Å²) in [5, 5.41) is 2.96. The van der Waals surface area contributed by atoms with Gasteiger partial charge in [-0.3, -0.25) is 4.90 Å². The Labute approximate surface area is 175 Å². The van der Waals surface area contributed by atoms with E-state index in [1.165, 1.54) is 60.8 Å². The van der Waals surface area contributed by atoms with Gasteiger partial charge >= 0.3 is 0 Å². The third-order valence-corrected chi connectivity index (χ3v) is 4.25. The fraction of sp³-hybridized carbons (Fsp3) is 0.0476. The average Bonchev–Trinajstić information content (AvgIpc) is 2.75. The van der Waals surface area contributed by atoms with E-state index in [4.69, 9.17) is 5.73 Å². The lowest BCUT2D eigenvalue weighted by Crippen LogP contribution is -2.17. The molecule has 0 saturated heterocycles. The van der Waals surface area contributed by atoms with Gasteiger partial charge < -0.3 is 11.1 Å². The zero-order valence-electron chi connectivity index (χ0n) is 16.0. The van der Waals surface area contributed by atoms with Crippen molar-refractivity contribution in [2.24, 2.45) is 0 Å². The van der Waals surface area contributed by atoms with Crippen LogP contribution in [0.15, 0.2) is 66.9 Å². The molecule has 7 nitrogen and oxygen atoms in total. The topological polar surface area (TPSA) is 92.8 Å². The first kappa shape index (κ1) is 20.1. The zero-order valence-corrected chi connectivity index (χ0v) is 16.0. The number of nitrogens with zero attached hydrogens (tertiary/aromatic N) is 5. The van der Waals surface area contributed by atoms with E-state index in [-0.39, 0.29) is 24.4 Å². The van der Waals surface area contributed by atoms with Crippen LogP contribution in [0.2, 0.25) is 0 Å². The highest BCUT2D eigenvalue weighted by Gasteiger charge is 2.18. The highest BCUT2D eigenvalue weighted by Crippen LogP contribution is 2.32. The summed E-state index contributed by atoms with van der Waals surface area (Å²) in [6, 6.07) is 14.2. The van der Waals surface area contributed by atoms with Crippen LogP contribution < -0.4 is 16.0 Å². The van der Waals surface area contributed by atoms with Crippen molar-refractivity contribution in [3.8, 4) is 0 Å². The van der Waals surface area contributed by atoms with E-state index in [0.717, 1.165) is 0 Å². The van der Waals surface area contributed by atoms with E-state index < -0.39 is 17.6 Å². The Bertz CT molecular complexity index is 1140. The molecule has 3 N–H and O–H groups in total. The van der Waals surface area contributed by atoms with Crippen LogP contribution in [-0.4, -0.2) is 19.9 Å². The summed E-state index contributed by atoms with van der Waals surface area (Å²) in [5.41, 5.74) is 7.56. The molecular weight excluding hydrogens is 407 g/mol. The Balaban J connectivity index is 1.70. The van der Waals surface area contributed by atoms with Gasteiger partial charge in [-0.15, -0.1) is 0 Å². The van der Waals surface area contributed by atoms with E-state index in [9.17, 15) is 13.2 Å². The SMILES string of the molecule is Nc1nc(NCc2ccnc(F)c2)nc(N(c2ccc(F)cc2)c2ccc(F)cc2)n1. The van der Waals surface area contributed by atoms with Crippen molar-refractivity contribution in [1.29, 1.82) is 0 Å². The number of pyridine rings is 1. The Hall–Kier alpha value is -4.21. The van der Waals surface area contributed by atoms with E-state index in [2.05, 4.69) is 25.3 Å². The molecule has 0 aliphatic heterocycles. The molecule has 0 aliphatic carbocycles. The van der Waals surface area contributed by atoms with Crippen molar-refractivity contribution in [2.45, 2.75) is 6.54 Å². The first-order chi connectivity index (χ1) is 15.0. The molecule has 4 aromatic rings. The molecular formula is C21H16F3N7. The molecule has 31 heavy (non-hydrogen) atoms. The number of rotatable bonds is 6. The molecule has 0 spiro atoms. The third kappa shape index (κ3) is 4.86. The Kier molecular flexibility index (Phi) is 5.61. The van der Waals surface area contributed by atoms with Crippen LogP contribution in [0.3, 0.4) is 0 Å². The summed E-state index contributed by atoms with van der Waals surface area (Å²) in [5.74, 6) is -1.21. The Morgan fingerprint density at radius 2 is 1.42 bits per heavy atom. The summed E-state index contributed by atoms with van der Waals surface area (Å²) >= 11 is 0. The summed E-state index contributed by atoms with van der Waals surface area (Å²) < 4.78 is 40.2. The first-order valence-electron chi connectivity index (χ1n) is 9.15. The maximum Gasteiger partial charge on any atom is 0.241 e. The summed E-state index contributed by atoms with van der Waals surface area (Å²) in [4.78, 5) is 17.7. The third-order valence-electron chi connectivity index (χ3n) is 4.25. The maximum atomic E-state index is 13.5. The Morgan fingerprint density at radius 3 is 2.00 bits per heavy atom. The highest BCUT2D eigenvalue weighted by atomic mass is 19.1. The Morgan fingerprint density at radius 1 is 0.806 bits per heavy atom. The van der Waals surface area contributed by atoms with Gasteiger partial charge in [-0.25, -0.2) is 13.8 Å². The predicted molar refractivity (Wildman–Crippen MR) is 110 cm³/mol. The van der Waals surface area contributed by atoms with Gasteiger partial charge in [0.2, 0.25) is 23.8 Å². The first-order valence-corrected chi connectivity index (χ1v) is 9.15. The van der Waals surface area contributed by atoms with Gasteiger partial charge in [-0.1, -0.05) is 0 Å². The van der Waals surface area contributed by atoms with Crippen LogP contribution in [0.4, 0.5) is 42.4 Å². The minimum Gasteiger partial charge on any atom is -0.368 e. The highest BCUT2D eigenvalue weighted by molar-refractivity contribution is 5.73. The minimum absolute atomic E-state index is 0.0670. The summed E-state index contributed by atoms with van der Waals surface area (Å²) in [6.07, 6.45) is 1.35. The van der Waals surface area contributed by atoms with Crippen molar-refractivity contribution in [1.82, 2.24) is 19.9 Å². The molecule has 2 aromatic heterocycles. The van der Waals surface area contributed by atoms with Crippen molar-refractivity contribution < 1.29 is 13.2 Å². The molecule has 0 unspecified atom stereocenters. The van der Waals surface area contributed by atoms with Crippen molar-refractivity contribution >= 4 is 29.2 Å². The summed E-state index contributed by atoms with van der Waals surface area (Å²) in [7, 11) is 0. The lowest BCUT2D eigenvalue weighted by atomic mass is 10.2. The number of aromatic nitrogens is 4. The monoisotopic (exact) mass is 423 g/mol. The second kappa shape index (κ2) is 8.66. The number of halogens is 3. The fourth-order valence-electron chi connectivity index (χ4n) is 2.85. The number of hydrogen-bond acceptors (Lipinski definition) is 7. The van der Waals surface area contributed by atoms with Crippen molar-refractivity contribution in [3.05, 3.63) is 90.0 Å². The lowest BCUT2D eigenvalue weighted by Gasteiger charge is -2.23. The molecule has 0 atom stereocenters. The van der Waals surface area contributed by atoms with Gasteiger partial charge in [-0.05, 0) is 66.2 Å². The van der Waals surface area contributed by atoms with Gasteiger partial charge in [0, 0.05) is 24.1 Å². The molecule has 0 aliphatic rings. The second-order valence-electron chi connectivity index (χ2n) is 6.45. The predicted octanol–water partition coefficient (Wildman–Crippen LogP) is 4.35. The van der Waals surface area contributed by atoms with Gasteiger partial charge in [0.25, 0.3) is 0 Å². The standard InChI is InChI=1S/C21H16F3N7/c22-14-1-5-16(6-2-14)31(17-7-3-15(23)4-8-17)21-29-19(25)28-20(30-21)27-12-13-9-10-26-18(24)11-13/h1-11H,12H2,(H3,25,27,28,29,30). The number of benzene rings is 2. The molecule has 10 heteroatoms. The van der Waals surface area contributed by atoms with E-state index in [0.29, 0.717) is 16.9 Å². The van der Waals surface area contributed by atoms with Crippen molar-refractivity contribution in [2.75, 3.05) is 16.0 Å². The second-order valence-corrected chi connectivity index (χ2v) is 6.45. The van der Waals surface area contributed by atoms with Crippen LogP contribution in [0, 0.1) is 17.6 Å². The number of nitrogen functional groups attached to an aromatic ring is 1. The lowest BCUT2D eigenvalue weighted by molar-refractivity contribution is 0.581. The fourth-order valence-corrected chi connectivity index (χ4v) is 2.85. The molecule has 0 bridgehead atoms. The van der Waals surface area contributed by atoms with E-state index in [1.54, 1.807) is 11.0 Å². The molecule has 4 rings (SSSR count). The minimum atomic E-state index is -0.603. The molecule has 0 fully saturated rings. The van der Waals surface area contributed by atoms with Crippen LogP contribution >= 0.6 is 0 Å². The van der Waals surface area contributed by atoms with Gasteiger partial charge in [0.1, 0.15) is 11.6 Å². The number of nitrogens with two attached hydrogens (primary N) is 1. The zero-order chi connectivity index (χ0) is 21.8. The largest absolute Gasteiger partial charge is 0.368 e. The maximum absolute atomic E-state index is 13.5. The number of hydrogen-bond donors (Lipinski definition) is 2. The molecule has 156 valence electrons. The van der Waals surface area contributed by atoms with Crippen LogP contribution in [0.1, 0.15) is 5.56 Å². The summed E-state index contributed by atoms with van der Waals surface area (Å²) in [6.45, 7) is 0.218. The molecule has 2 aromatic carbocycles. The van der Waals surface area contributed by atoms with E-state index >= 15 is 0 Å². The van der Waals surface area contributed by atoms with Crippen molar-refractivity contribution in [3.63, 3.8) is 0 Å². The molecule has 2 heterocycles. The molecule has 0 saturated carbocycles. The average molecular weight is 423 g/mol. The van der Waals surface area contributed by atoms with Crippen LogP contribution in [-0.2, 0) is 6.54 Å². The van der Waals surface area contributed by atoms with Crippen LogP contribution in [0.25, 0.3) is 0 Å². The van der Waals surface area contributed by atoms with Gasteiger partial charge in [-0.2, -0.15) is 19.3 Å². The number of nitrogens with one attached hydrogen (secondary N) is 1. The van der Waals surface area contributed by atoms with Gasteiger partial charge in [0.05, 0.1) is 0 Å². The quantitative estimate of drug-likeness (QED) is 0.446. The molecule has 0 amide bonds.